The Balaban J connectivity index is 1.81. The normalized spacial score (nSPS) is 22.0. The van der Waals surface area contributed by atoms with E-state index >= 15 is 0 Å². The maximum atomic E-state index is 12.3. The molecule has 104 valence electrons. The van der Waals surface area contributed by atoms with Gasteiger partial charge in [-0.25, -0.2) is 4.52 Å². The number of nitrogens with one attached hydrogen (secondary N) is 1. The Labute approximate surface area is 114 Å². The summed E-state index contributed by atoms with van der Waals surface area (Å²) in [5.41, 5.74) is 1.02. The molecule has 7 nitrogen and oxygen atoms in total. The van der Waals surface area contributed by atoms with Gasteiger partial charge in [0.15, 0.2) is 0 Å². The van der Waals surface area contributed by atoms with Crippen molar-refractivity contribution >= 4 is 17.4 Å². The molecule has 0 bridgehead atoms. The molecule has 2 aromatic rings. The maximum Gasteiger partial charge on any atom is 0.308 e. The van der Waals surface area contributed by atoms with E-state index < -0.39 is 11.9 Å². The Morgan fingerprint density at radius 1 is 1.35 bits per heavy atom. The van der Waals surface area contributed by atoms with Crippen LogP contribution in [0.15, 0.2) is 24.8 Å². The molecule has 1 amide bonds. The molecule has 3 rings (SSSR count). The van der Waals surface area contributed by atoms with Crippen LogP contribution in [0.2, 0.25) is 0 Å². The number of nitrogens with zero attached hydrogens (tertiary/aromatic N) is 3. The number of fused-ring (bicyclic) bond motifs is 1. The van der Waals surface area contributed by atoms with Gasteiger partial charge in [0.1, 0.15) is 0 Å². The highest BCUT2D eigenvalue weighted by Crippen LogP contribution is 2.26. The van der Waals surface area contributed by atoms with Gasteiger partial charge in [-0.1, -0.05) is 6.42 Å². The van der Waals surface area contributed by atoms with Crippen molar-refractivity contribution in [3.63, 3.8) is 0 Å². The minimum Gasteiger partial charge on any atom is -0.481 e. The molecule has 1 fully saturated rings. The first-order chi connectivity index (χ1) is 9.66. The average molecular weight is 274 g/mol. The summed E-state index contributed by atoms with van der Waals surface area (Å²) in [5.74, 6) is -1.65. The lowest BCUT2D eigenvalue weighted by Crippen LogP contribution is -2.40. The summed E-state index contributed by atoms with van der Waals surface area (Å²) in [7, 11) is 0. The number of carboxylic acids is 1. The summed E-state index contributed by atoms with van der Waals surface area (Å²) < 4.78 is 1.56. The zero-order chi connectivity index (χ0) is 14.1. The molecule has 1 aliphatic rings. The number of rotatable bonds is 3. The predicted molar refractivity (Wildman–Crippen MR) is 69.2 cm³/mol. The zero-order valence-corrected chi connectivity index (χ0v) is 10.7. The van der Waals surface area contributed by atoms with Crippen LogP contribution in [0.25, 0.3) is 5.52 Å². The van der Waals surface area contributed by atoms with Gasteiger partial charge in [-0.15, -0.1) is 0 Å². The molecule has 0 radical (unpaired) electrons. The molecule has 2 unspecified atom stereocenters. The number of aromatic nitrogens is 3. The minimum absolute atomic E-state index is 0.300. The summed E-state index contributed by atoms with van der Waals surface area (Å²) in [4.78, 5) is 27.3. The number of hydrogen-bond donors (Lipinski definition) is 2. The largest absolute Gasteiger partial charge is 0.481 e. The van der Waals surface area contributed by atoms with Crippen LogP contribution in [-0.4, -0.2) is 37.6 Å². The summed E-state index contributed by atoms with van der Waals surface area (Å²) in [6, 6.07) is -0.313. The molecule has 0 aromatic carbocycles. The number of aliphatic carboxylic acids is 1. The van der Waals surface area contributed by atoms with E-state index in [0.29, 0.717) is 23.9 Å². The van der Waals surface area contributed by atoms with E-state index in [0.717, 1.165) is 6.42 Å². The van der Waals surface area contributed by atoms with Gasteiger partial charge in [0, 0.05) is 18.4 Å². The lowest BCUT2D eigenvalue weighted by molar-refractivity contribution is -0.142. The van der Waals surface area contributed by atoms with Gasteiger partial charge >= 0.3 is 5.97 Å². The fourth-order valence-electron chi connectivity index (χ4n) is 2.68. The highest BCUT2D eigenvalue weighted by atomic mass is 16.4. The van der Waals surface area contributed by atoms with E-state index in [-0.39, 0.29) is 11.9 Å². The van der Waals surface area contributed by atoms with E-state index in [1.165, 1.54) is 6.20 Å². The van der Waals surface area contributed by atoms with Gasteiger partial charge < -0.3 is 10.4 Å². The van der Waals surface area contributed by atoms with E-state index in [4.69, 9.17) is 5.11 Å². The van der Waals surface area contributed by atoms with Gasteiger partial charge in [0.05, 0.1) is 29.4 Å². The molecule has 0 aliphatic heterocycles. The maximum absolute atomic E-state index is 12.3. The fraction of sp³-hybridized carbons (Fsp3) is 0.385. The third kappa shape index (κ3) is 2.11. The Kier molecular flexibility index (Phi) is 3.09. The first-order valence-electron chi connectivity index (χ1n) is 6.48. The first-order valence-corrected chi connectivity index (χ1v) is 6.48. The number of amides is 1. The van der Waals surface area contributed by atoms with Gasteiger partial charge in [-0.2, -0.15) is 5.10 Å². The topological polar surface area (TPSA) is 96.6 Å². The lowest BCUT2D eigenvalue weighted by atomic mass is 10.0. The van der Waals surface area contributed by atoms with Crippen LogP contribution in [-0.2, 0) is 4.79 Å². The highest BCUT2D eigenvalue weighted by molar-refractivity contribution is 6.00. The second kappa shape index (κ2) is 4.92. The van der Waals surface area contributed by atoms with Crippen LogP contribution in [0, 0.1) is 5.92 Å². The molecular weight excluding hydrogens is 260 g/mol. The standard InChI is InChI=1S/C13H14N4O3/c18-12(16-10-3-1-2-8(10)13(19)20)9-6-15-17-5-4-14-7-11(9)17/h4-8,10H,1-3H2,(H,16,18)(H,19,20). The Morgan fingerprint density at radius 3 is 3.00 bits per heavy atom. The second-order valence-corrected chi connectivity index (χ2v) is 4.92. The van der Waals surface area contributed by atoms with Gasteiger partial charge in [0.25, 0.3) is 5.91 Å². The zero-order valence-electron chi connectivity index (χ0n) is 10.7. The van der Waals surface area contributed by atoms with Crippen LogP contribution in [0.5, 0.6) is 0 Å². The van der Waals surface area contributed by atoms with Crippen molar-refractivity contribution in [2.75, 3.05) is 0 Å². The Bertz CT molecular complexity index is 666. The number of hydrogen-bond acceptors (Lipinski definition) is 4. The molecule has 2 aromatic heterocycles. The first kappa shape index (κ1) is 12.6. The van der Waals surface area contributed by atoms with Gasteiger partial charge in [-0.05, 0) is 12.8 Å². The van der Waals surface area contributed by atoms with Gasteiger partial charge in [-0.3, -0.25) is 14.6 Å². The lowest BCUT2D eigenvalue weighted by Gasteiger charge is -2.17. The predicted octanol–water partition coefficient (Wildman–Crippen LogP) is 0.712. The number of carboxylic acid groups (broad SMARTS) is 1. The van der Waals surface area contributed by atoms with E-state index in [2.05, 4.69) is 15.4 Å². The van der Waals surface area contributed by atoms with Crippen molar-refractivity contribution in [2.24, 2.45) is 5.92 Å². The van der Waals surface area contributed by atoms with Gasteiger partial charge in [0.2, 0.25) is 0 Å². The van der Waals surface area contributed by atoms with Crippen molar-refractivity contribution in [2.45, 2.75) is 25.3 Å². The monoisotopic (exact) mass is 274 g/mol. The number of carbonyl (C=O) groups excluding carboxylic acids is 1. The molecular formula is C13H14N4O3. The molecule has 0 saturated heterocycles. The van der Waals surface area contributed by atoms with Crippen molar-refractivity contribution in [3.05, 3.63) is 30.4 Å². The van der Waals surface area contributed by atoms with E-state index in [9.17, 15) is 9.59 Å². The third-order valence-electron chi connectivity index (χ3n) is 3.72. The minimum atomic E-state index is -0.852. The van der Waals surface area contributed by atoms with E-state index in [1.54, 1.807) is 23.1 Å². The molecule has 2 heterocycles. The third-order valence-corrected chi connectivity index (χ3v) is 3.72. The fourth-order valence-corrected chi connectivity index (χ4v) is 2.68. The van der Waals surface area contributed by atoms with Crippen LogP contribution in [0.3, 0.4) is 0 Å². The SMILES string of the molecule is O=C(NC1CCCC1C(=O)O)c1cnn2ccncc12. The van der Waals surface area contributed by atoms with Crippen molar-refractivity contribution in [1.29, 1.82) is 0 Å². The van der Waals surface area contributed by atoms with Crippen LogP contribution < -0.4 is 5.32 Å². The van der Waals surface area contributed by atoms with Crippen molar-refractivity contribution in [3.8, 4) is 0 Å². The Morgan fingerprint density at radius 2 is 2.20 bits per heavy atom. The van der Waals surface area contributed by atoms with Crippen LogP contribution in [0.1, 0.15) is 29.6 Å². The Hall–Kier alpha value is -2.44. The quantitative estimate of drug-likeness (QED) is 0.859. The average Bonchev–Trinajstić information content (AvgIpc) is 3.04. The van der Waals surface area contributed by atoms with Crippen molar-refractivity contribution < 1.29 is 14.7 Å². The summed E-state index contributed by atoms with van der Waals surface area (Å²) in [6.45, 7) is 0. The molecule has 20 heavy (non-hydrogen) atoms. The van der Waals surface area contributed by atoms with Crippen LogP contribution in [0.4, 0.5) is 0 Å². The molecule has 1 saturated carbocycles. The van der Waals surface area contributed by atoms with E-state index in [1.807, 2.05) is 0 Å². The summed E-state index contributed by atoms with van der Waals surface area (Å²) in [6.07, 6.45) is 8.39. The smallest absolute Gasteiger partial charge is 0.308 e. The highest BCUT2D eigenvalue weighted by Gasteiger charge is 2.34. The molecule has 2 N–H and O–H groups in total. The summed E-state index contributed by atoms with van der Waals surface area (Å²) in [5, 5.41) is 16.0. The number of carbonyl (C=O) groups is 2. The second-order valence-electron chi connectivity index (χ2n) is 4.92. The van der Waals surface area contributed by atoms with Crippen molar-refractivity contribution in [1.82, 2.24) is 19.9 Å². The molecule has 7 heteroatoms. The molecule has 1 aliphatic carbocycles. The molecule has 0 spiro atoms. The summed E-state index contributed by atoms with van der Waals surface area (Å²) >= 11 is 0. The van der Waals surface area contributed by atoms with Crippen LogP contribution >= 0.6 is 0 Å². The molecule has 2 atom stereocenters.